The van der Waals surface area contributed by atoms with Crippen molar-refractivity contribution < 1.29 is 14.3 Å². The van der Waals surface area contributed by atoms with Crippen molar-refractivity contribution in [2.45, 2.75) is 13.8 Å². The van der Waals surface area contributed by atoms with Gasteiger partial charge in [-0.25, -0.2) is 0 Å². The lowest BCUT2D eigenvalue weighted by Gasteiger charge is -2.10. The first-order chi connectivity index (χ1) is 12.5. The van der Waals surface area contributed by atoms with Gasteiger partial charge < -0.3 is 14.0 Å². The van der Waals surface area contributed by atoms with E-state index < -0.39 is 0 Å². The molecule has 134 valence electrons. The van der Waals surface area contributed by atoms with Crippen molar-refractivity contribution >= 4 is 28.9 Å². The van der Waals surface area contributed by atoms with Crippen LogP contribution >= 0.6 is 11.8 Å². The molecule has 6 nitrogen and oxygen atoms in total. The molecule has 1 fully saturated rings. The molecule has 2 aliphatic heterocycles. The van der Waals surface area contributed by atoms with Crippen molar-refractivity contribution in [2.75, 3.05) is 20.9 Å². The third kappa shape index (κ3) is 2.59. The van der Waals surface area contributed by atoms with Gasteiger partial charge in [-0.05, 0) is 55.4 Å². The van der Waals surface area contributed by atoms with E-state index in [1.807, 2.05) is 38.1 Å². The minimum absolute atomic E-state index is 0.0246. The quantitative estimate of drug-likeness (QED) is 0.762. The van der Waals surface area contributed by atoms with Gasteiger partial charge in [-0.1, -0.05) is 0 Å². The van der Waals surface area contributed by atoms with Crippen LogP contribution in [0, 0.1) is 13.8 Å². The Morgan fingerprint density at radius 3 is 2.69 bits per heavy atom. The molecule has 1 aromatic heterocycles. The second-order valence-electron chi connectivity index (χ2n) is 6.18. The van der Waals surface area contributed by atoms with Gasteiger partial charge in [0.15, 0.2) is 16.7 Å². The summed E-state index contributed by atoms with van der Waals surface area (Å²) in [7, 11) is 3.44. The van der Waals surface area contributed by atoms with Crippen LogP contribution in [-0.2, 0) is 4.79 Å². The van der Waals surface area contributed by atoms with Gasteiger partial charge in [-0.15, -0.1) is 0 Å². The number of hydrogen-bond acceptors (Lipinski definition) is 5. The highest BCUT2D eigenvalue weighted by molar-refractivity contribution is 8.18. The molecule has 0 atom stereocenters. The van der Waals surface area contributed by atoms with Gasteiger partial charge in [-0.3, -0.25) is 14.7 Å². The fourth-order valence-electron chi connectivity index (χ4n) is 3.25. The van der Waals surface area contributed by atoms with Gasteiger partial charge in [0.1, 0.15) is 0 Å². The van der Waals surface area contributed by atoms with Crippen LogP contribution in [0.3, 0.4) is 0 Å². The summed E-state index contributed by atoms with van der Waals surface area (Å²) in [5.74, 6) is 1.49. The average molecular weight is 369 g/mol. The van der Waals surface area contributed by atoms with Crippen molar-refractivity contribution in [3.8, 4) is 17.2 Å². The van der Waals surface area contributed by atoms with Crippen LogP contribution in [0.2, 0.25) is 0 Å². The number of carbonyl (C=O) groups excluding carboxylic acids is 1. The summed E-state index contributed by atoms with van der Waals surface area (Å²) in [6.07, 6.45) is 1.94. The molecule has 7 heteroatoms. The Bertz CT molecular complexity index is 975. The number of thioether (sulfide) groups is 1. The summed E-state index contributed by atoms with van der Waals surface area (Å²) >= 11 is 1.40. The van der Waals surface area contributed by atoms with Crippen LogP contribution in [0.25, 0.3) is 11.8 Å². The average Bonchev–Trinajstić information content (AvgIpc) is 3.27. The summed E-state index contributed by atoms with van der Waals surface area (Å²) in [6.45, 7) is 4.36. The lowest BCUT2D eigenvalue weighted by Crippen LogP contribution is -2.23. The number of amides is 1. The molecule has 0 unspecified atom stereocenters. The van der Waals surface area contributed by atoms with Gasteiger partial charge >= 0.3 is 0 Å². The number of aliphatic imine (C=N–C) groups is 1. The molecule has 1 saturated heterocycles. The first-order valence-corrected chi connectivity index (χ1v) is 9.04. The molecule has 3 heterocycles. The highest BCUT2D eigenvalue weighted by Gasteiger charge is 2.30. The molecule has 2 aliphatic rings. The van der Waals surface area contributed by atoms with Gasteiger partial charge in [0.2, 0.25) is 6.79 Å². The van der Waals surface area contributed by atoms with E-state index in [1.54, 1.807) is 19.0 Å². The van der Waals surface area contributed by atoms with E-state index >= 15 is 0 Å². The van der Waals surface area contributed by atoms with E-state index in [1.165, 1.54) is 11.8 Å². The molecule has 26 heavy (non-hydrogen) atoms. The molecule has 0 bridgehead atoms. The van der Waals surface area contributed by atoms with Gasteiger partial charge in [0.05, 0.1) is 4.91 Å². The topological polar surface area (TPSA) is 56.1 Å². The predicted molar refractivity (Wildman–Crippen MR) is 103 cm³/mol. The molecular weight excluding hydrogens is 350 g/mol. The van der Waals surface area contributed by atoms with Crippen LogP contribution in [0.5, 0.6) is 11.5 Å². The maximum atomic E-state index is 12.4. The van der Waals surface area contributed by atoms with Crippen LogP contribution in [0.4, 0.5) is 0 Å². The van der Waals surface area contributed by atoms with Crippen LogP contribution < -0.4 is 9.47 Å². The molecule has 1 amide bonds. The smallest absolute Gasteiger partial charge is 0.266 e. The predicted octanol–water partition coefficient (Wildman–Crippen LogP) is 3.35. The van der Waals surface area contributed by atoms with Crippen molar-refractivity contribution in [3.05, 3.63) is 46.1 Å². The Morgan fingerprint density at radius 1 is 1.19 bits per heavy atom. The fourth-order valence-corrected chi connectivity index (χ4v) is 4.16. The summed E-state index contributed by atoms with van der Waals surface area (Å²) in [5, 5.41) is 0.714. The van der Waals surface area contributed by atoms with Crippen LogP contribution in [0.15, 0.2) is 34.2 Å². The zero-order chi connectivity index (χ0) is 18.4. The van der Waals surface area contributed by atoms with Crippen molar-refractivity contribution in [1.29, 1.82) is 0 Å². The third-order valence-corrected chi connectivity index (χ3v) is 5.72. The van der Waals surface area contributed by atoms with E-state index in [0.29, 0.717) is 10.1 Å². The summed E-state index contributed by atoms with van der Waals surface area (Å²) in [4.78, 5) is 18.8. The maximum absolute atomic E-state index is 12.4. The third-order valence-electron chi connectivity index (χ3n) is 4.57. The Kier molecular flexibility index (Phi) is 4.03. The number of ether oxygens (including phenoxy) is 2. The monoisotopic (exact) mass is 369 g/mol. The number of aryl methyl sites for hydroxylation is 1. The minimum Gasteiger partial charge on any atom is -0.454 e. The second kappa shape index (κ2) is 6.25. The second-order valence-corrected chi connectivity index (χ2v) is 7.19. The molecule has 0 saturated carbocycles. The van der Waals surface area contributed by atoms with E-state index in [9.17, 15) is 4.79 Å². The molecular formula is C19H19N3O3S. The standard InChI is InChI=1S/C19H19N3O3S/c1-11-7-13(8-17-18(23)21(4)19(20-3)26-17)12(2)22(11)14-5-6-15-16(9-14)25-10-24-15/h5-9H,10H2,1-4H3/b17-8+,20-19?. The number of benzene rings is 1. The highest BCUT2D eigenvalue weighted by atomic mass is 32.2. The number of carbonyl (C=O) groups is 1. The Hall–Kier alpha value is -2.67. The Balaban J connectivity index is 1.74. The largest absolute Gasteiger partial charge is 0.454 e. The normalized spacial score (nSPS) is 19.2. The molecule has 0 aliphatic carbocycles. The van der Waals surface area contributed by atoms with Crippen molar-refractivity contribution in [1.82, 2.24) is 9.47 Å². The van der Waals surface area contributed by atoms with E-state index in [-0.39, 0.29) is 12.7 Å². The summed E-state index contributed by atoms with van der Waals surface area (Å²) < 4.78 is 13.0. The molecule has 4 rings (SSSR count). The molecule has 1 aromatic carbocycles. The maximum Gasteiger partial charge on any atom is 0.266 e. The molecule has 0 N–H and O–H groups in total. The number of rotatable bonds is 2. The molecule has 0 spiro atoms. The minimum atomic E-state index is -0.0246. The molecule has 2 aromatic rings. The number of aromatic nitrogens is 1. The van der Waals surface area contributed by atoms with Crippen LogP contribution in [0.1, 0.15) is 17.0 Å². The van der Waals surface area contributed by atoms with E-state index in [0.717, 1.165) is 34.1 Å². The highest BCUT2D eigenvalue weighted by Crippen LogP contribution is 2.36. The summed E-state index contributed by atoms with van der Waals surface area (Å²) in [6, 6.07) is 7.99. The first-order valence-electron chi connectivity index (χ1n) is 8.23. The lowest BCUT2D eigenvalue weighted by atomic mass is 10.2. The lowest BCUT2D eigenvalue weighted by molar-refractivity contribution is -0.121. The number of amidine groups is 1. The number of likely N-dealkylation sites (N-methyl/N-ethyl adjacent to an activating group) is 1. The van der Waals surface area contributed by atoms with Crippen molar-refractivity contribution in [2.24, 2.45) is 4.99 Å². The number of hydrogen-bond donors (Lipinski definition) is 0. The van der Waals surface area contributed by atoms with E-state index in [2.05, 4.69) is 15.6 Å². The fraction of sp³-hybridized carbons (Fsp3) is 0.263. The number of fused-ring (bicyclic) bond motifs is 1. The number of nitrogens with zero attached hydrogens (tertiary/aromatic N) is 3. The summed E-state index contributed by atoms with van der Waals surface area (Å²) in [5.41, 5.74) is 4.17. The SMILES string of the molecule is CN=C1S/C(=C/c2cc(C)n(-c3ccc4c(c3)OCO4)c2C)C(=O)N1C. The van der Waals surface area contributed by atoms with Gasteiger partial charge in [-0.2, -0.15) is 0 Å². The van der Waals surface area contributed by atoms with Gasteiger partial charge in [0.25, 0.3) is 5.91 Å². The van der Waals surface area contributed by atoms with Crippen molar-refractivity contribution in [3.63, 3.8) is 0 Å². The van der Waals surface area contributed by atoms with Crippen LogP contribution in [-0.4, -0.2) is 41.4 Å². The first kappa shape index (κ1) is 16.8. The Labute approximate surface area is 156 Å². The zero-order valence-electron chi connectivity index (χ0n) is 15.1. The van der Waals surface area contributed by atoms with Gasteiger partial charge in [0, 0.05) is 37.2 Å². The van der Waals surface area contributed by atoms with E-state index in [4.69, 9.17) is 9.47 Å². The molecule has 0 radical (unpaired) electrons. The Morgan fingerprint density at radius 2 is 1.96 bits per heavy atom. The zero-order valence-corrected chi connectivity index (χ0v) is 15.9.